The normalized spacial score (nSPS) is 20.0. The van der Waals surface area contributed by atoms with Crippen LogP contribution in [0.2, 0.25) is 0 Å². The molecule has 7 heteroatoms. The highest BCUT2D eigenvalue weighted by Gasteiger charge is 2.30. The first-order chi connectivity index (χ1) is 12.9. The number of aryl methyl sites for hydroxylation is 2. The fourth-order valence-electron chi connectivity index (χ4n) is 3.87. The molecule has 2 heterocycles. The van der Waals surface area contributed by atoms with Crippen molar-refractivity contribution in [1.29, 1.82) is 0 Å². The maximum atomic E-state index is 13.0. The van der Waals surface area contributed by atoms with E-state index in [2.05, 4.69) is 4.90 Å². The van der Waals surface area contributed by atoms with Gasteiger partial charge >= 0.3 is 0 Å². The molecule has 2 aliphatic rings. The molecule has 1 aromatic rings. The van der Waals surface area contributed by atoms with Gasteiger partial charge in [-0.05, 0) is 50.3 Å². The zero-order valence-electron chi connectivity index (χ0n) is 16.5. The van der Waals surface area contributed by atoms with Crippen LogP contribution in [0.5, 0.6) is 0 Å². The number of hydrogen-bond donors (Lipinski definition) is 0. The lowest BCUT2D eigenvalue weighted by Crippen LogP contribution is -2.49. The number of carbonyl (C=O) groups excluding carboxylic acids is 1. The number of likely N-dealkylation sites (tertiary alicyclic amines) is 1. The lowest BCUT2D eigenvalue weighted by molar-refractivity contribution is -0.132. The molecule has 0 bridgehead atoms. The van der Waals surface area contributed by atoms with Crippen molar-refractivity contribution in [3.63, 3.8) is 0 Å². The highest BCUT2D eigenvalue weighted by Crippen LogP contribution is 2.22. The standard InChI is InChI=1S/C20H31N3O3S/c1-17-6-7-18(2)19(16-17)27(25,26)23-14-12-21(13-15-23)11-8-20(24)22-9-4-3-5-10-22/h6-7,16H,3-5,8-15H2,1-2H3. The van der Waals surface area contributed by atoms with E-state index >= 15 is 0 Å². The monoisotopic (exact) mass is 393 g/mol. The Morgan fingerprint density at radius 1 is 0.963 bits per heavy atom. The highest BCUT2D eigenvalue weighted by molar-refractivity contribution is 7.89. The van der Waals surface area contributed by atoms with Crippen LogP contribution in [0.4, 0.5) is 0 Å². The minimum atomic E-state index is -3.46. The molecule has 3 rings (SSSR count). The smallest absolute Gasteiger partial charge is 0.243 e. The Labute approximate surface area is 163 Å². The fourth-order valence-corrected chi connectivity index (χ4v) is 5.60. The van der Waals surface area contributed by atoms with E-state index in [9.17, 15) is 13.2 Å². The fraction of sp³-hybridized carbons (Fsp3) is 0.650. The van der Waals surface area contributed by atoms with Crippen molar-refractivity contribution in [2.45, 2.75) is 44.4 Å². The van der Waals surface area contributed by atoms with Gasteiger partial charge in [-0.3, -0.25) is 4.79 Å². The molecule has 1 amide bonds. The number of rotatable bonds is 5. The quantitative estimate of drug-likeness (QED) is 0.768. The zero-order chi connectivity index (χ0) is 19.4. The van der Waals surface area contributed by atoms with Gasteiger partial charge in [-0.15, -0.1) is 0 Å². The number of sulfonamides is 1. The van der Waals surface area contributed by atoms with Gasteiger partial charge in [0.05, 0.1) is 4.90 Å². The molecule has 2 fully saturated rings. The topological polar surface area (TPSA) is 60.9 Å². The number of amides is 1. The molecular weight excluding hydrogens is 362 g/mol. The van der Waals surface area contributed by atoms with Gasteiger partial charge in [-0.25, -0.2) is 8.42 Å². The summed E-state index contributed by atoms with van der Waals surface area (Å²) in [6.07, 6.45) is 3.98. The number of benzene rings is 1. The Balaban J connectivity index is 1.52. The summed E-state index contributed by atoms with van der Waals surface area (Å²) in [7, 11) is -3.46. The van der Waals surface area contributed by atoms with Crippen molar-refractivity contribution < 1.29 is 13.2 Å². The molecule has 0 N–H and O–H groups in total. The molecule has 0 spiro atoms. The van der Waals surface area contributed by atoms with E-state index in [1.807, 2.05) is 30.9 Å². The molecule has 2 aliphatic heterocycles. The van der Waals surface area contributed by atoms with Crippen LogP contribution in [0, 0.1) is 13.8 Å². The summed E-state index contributed by atoms with van der Waals surface area (Å²) >= 11 is 0. The van der Waals surface area contributed by atoms with E-state index in [1.54, 1.807) is 10.4 Å². The molecule has 0 radical (unpaired) electrons. The van der Waals surface area contributed by atoms with Crippen LogP contribution in [0.3, 0.4) is 0 Å². The SMILES string of the molecule is Cc1ccc(C)c(S(=O)(=O)N2CCN(CCC(=O)N3CCCCC3)CC2)c1. The summed E-state index contributed by atoms with van der Waals surface area (Å²) < 4.78 is 27.6. The summed E-state index contributed by atoms with van der Waals surface area (Å²) in [4.78, 5) is 16.9. The molecule has 0 unspecified atom stereocenters. The molecule has 6 nitrogen and oxygen atoms in total. The van der Waals surface area contributed by atoms with E-state index in [1.165, 1.54) is 6.42 Å². The Kier molecular flexibility index (Phi) is 6.55. The average molecular weight is 394 g/mol. The van der Waals surface area contributed by atoms with Gasteiger partial charge in [-0.1, -0.05) is 12.1 Å². The summed E-state index contributed by atoms with van der Waals surface area (Å²) in [6, 6.07) is 5.56. The van der Waals surface area contributed by atoms with Crippen molar-refractivity contribution in [2.75, 3.05) is 45.8 Å². The van der Waals surface area contributed by atoms with Crippen molar-refractivity contribution >= 4 is 15.9 Å². The molecule has 1 aromatic carbocycles. The summed E-state index contributed by atoms with van der Waals surface area (Å²) in [6.45, 7) is 8.56. The van der Waals surface area contributed by atoms with E-state index < -0.39 is 10.0 Å². The number of nitrogens with zero attached hydrogens (tertiary/aromatic N) is 3. The minimum Gasteiger partial charge on any atom is -0.343 e. The van der Waals surface area contributed by atoms with Crippen LogP contribution in [-0.2, 0) is 14.8 Å². The molecule has 0 aromatic heterocycles. The Bertz CT molecular complexity index is 765. The molecule has 0 aliphatic carbocycles. The first-order valence-corrected chi connectivity index (χ1v) is 11.4. The zero-order valence-corrected chi connectivity index (χ0v) is 17.3. The maximum absolute atomic E-state index is 13.0. The first kappa shape index (κ1) is 20.3. The van der Waals surface area contributed by atoms with Crippen LogP contribution in [0.25, 0.3) is 0 Å². The number of carbonyl (C=O) groups is 1. The molecule has 2 saturated heterocycles. The lowest BCUT2D eigenvalue weighted by Gasteiger charge is -2.34. The third-order valence-corrected chi connectivity index (χ3v) is 7.68. The van der Waals surface area contributed by atoms with Gasteiger partial charge in [0.2, 0.25) is 15.9 Å². The second-order valence-corrected chi connectivity index (χ2v) is 9.61. The second-order valence-electron chi connectivity index (χ2n) is 7.71. The summed E-state index contributed by atoms with van der Waals surface area (Å²) in [5.41, 5.74) is 1.74. The Hall–Kier alpha value is -1.44. The van der Waals surface area contributed by atoms with Crippen LogP contribution < -0.4 is 0 Å². The Morgan fingerprint density at radius 2 is 1.63 bits per heavy atom. The minimum absolute atomic E-state index is 0.236. The molecule has 150 valence electrons. The van der Waals surface area contributed by atoms with E-state index in [-0.39, 0.29) is 5.91 Å². The predicted molar refractivity (Wildman–Crippen MR) is 106 cm³/mol. The van der Waals surface area contributed by atoms with Crippen LogP contribution >= 0.6 is 0 Å². The highest BCUT2D eigenvalue weighted by atomic mass is 32.2. The third kappa shape index (κ3) is 4.89. The van der Waals surface area contributed by atoms with Gasteiger partial charge in [0, 0.05) is 52.2 Å². The first-order valence-electron chi connectivity index (χ1n) is 9.95. The third-order valence-electron chi connectivity index (χ3n) is 5.64. The van der Waals surface area contributed by atoms with Crippen LogP contribution in [-0.4, -0.2) is 74.2 Å². The number of piperidine rings is 1. The van der Waals surface area contributed by atoms with Crippen molar-refractivity contribution in [1.82, 2.24) is 14.1 Å². The van der Waals surface area contributed by atoms with Crippen molar-refractivity contribution in [3.8, 4) is 0 Å². The molecule has 0 saturated carbocycles. The van der Waals surface area contributed by atoms with Gasteiger partial charge in [0.15, 0.2) is 0 Å². The molecule has 0 atom stereocenters. The van der Waals surface area contributed by atoms with E-state index in [0.717, 1.165) is 37.1 Å². The van der Waals surface area contributed by atoms with Crippen molar-refractivity contribution in [3.05, 3.63) is 29.3 Å². The maximum Gasteiger partial charge on any atom is 0.243 e. The number of piperazine rings is 1. The molecule has 27 heavy (non-hydrogen) atoms. The molecular formula is C20H31N3O3S. The summed E-state index contributed by atoms with van der Waals surface area (Å²) in [5.74, 6) is 0.236. The van der Waals surface area contributed by atoms with Gasteiger partial charge in [0.1, 0.15) is 0 Å². The van der Waals surface area contributed by atoms with Gasteiger partial charge in [0.25, 0.3) is 0 Å². The lowest BCUT2D eigenvalue weighted by atomic mass is 10.1. The van der Waals surface area contributed by atoms with Crippen LogP contribution in [0.1, 0.15) is 36.8 Å². The average Bonchev–Trinajstić information content (AvgIpc) is 2.69. The number of hydrogen-bond acceptors (Lipinski definition) is 4. The van der Waals surface area contributed by atoms with Gasteiger partial charge in [-0.2, -0.15) is 4.31 Å². The Morgan fingerprint density at radius 3 is 2.30 bits per heavy atom. The van der Waals surface area contributed by atoms with E-state index in [4.69, 9.17) is 0 Å². The van der Waals surface area contributed by atoms with Crippen molar-refractivity contribution in [2.24, 2.45) is 0 Å². The second kappa shape index (κ2) is 8.71. The summed E-state index contributed by atoms with van der Waals surface area (Å²) in [5, 5.41) is 0. The van der Waals surface area contributed by atoms with E-state index in [0.29, 0.717) is 44.0 Å². The largest absolute Gasteiger partial charge is 0.343 e. The van der Waals surface area contributed by atoms with Crippen LogP contribution in [0.15, 0.2) is 23.1 Å². The predicted octanol–water partition coefficient (Wildman–Crippen LogP) is 2.01. The van der Waals surface area contributed by atoms with Gasteiger partial charge < -0.3 is 9.80 Å².